The Kier molecular flexibility index (Phi) is 4.73. The van der Waals surface area contributed by atoms with Crippen LogP contribution in [0.1, 0.15) is 23.7 Å². The molecule has 1 aromatic carbocycles. The van der Waals surface area contributed by atoms with E-state index in [1.165, 1.54) is 0 Å². The smallest absolute Gasteiger partial charge is 0.118 e. The van der Waals surface area contributed by atoms with E-state index in [-0.39, 0.29) is 5.75 Å². The standard InChI is InChI=1S/C12H19NO3/c1-8-9(4-3-5-10(8)14)12(16)11(15)6-7-13-2/h3-5,11-16H,6-7H2,1-2H3. The van der Waals surface area contributed by atoms with Gasteiger partial charge in [-0.3, -0.25) is 0 Å². The molecule has 4 heteroatoms. The Labute approximate surface area is 95.6 Å². The van der Waals surface area contributed by atoms with Crippen LogP contribution in [0.15, 0.2) is 18.2 Å². The summed E-state index contributed by atoms with van der Waals surface area (Å²) in [5, 5.41) is 32.1. The van der Waals surface area contributed by atoms with Gasteiger partial charge in [-0.1, -0.05) is 12.1 Å². The minimum atomic E-state index is -0.958. The maximum absolute atomic E-state index is 9.93. The summed E-state index contributed by atoms with van der Waals surface area (Å²) < 4.78 is 0. The molecule has 1 aromatic rings. The van der Waals surface area contributed by atoms with Crippen LogP contribution in [0.2, 0.25) is 0 Å². The fourth-order valence-electron chi connectivity index (χ4n) is 1.62. The van der Waals surface area contributed by atoms with E-state index in [1.54, 1.807) is 32.2 Å². The van der Waals surface area contributed by atoms with Gasteiger partial charge in [0.05, 0.1) is 6.10 Å². The molecule has 0 aliphatic heterocycles. The van der Waals surface area contributed by atoms with E-state index in [0.29, 0.717) is 24.1 Å². The molecule has 4 N–H and O–H groups in total. The average Bonchev–Trinajstić information content (AvgIpc) is 2.28. The van der Waals surface area contributed by atoms with Crippen molar-refractivity contribution in [2.24, 2.45) is 0 Å². The Morgan fingerprint density at radius 1 is 1.31 bits per heavy atom. The third-order valence-corrected chi connectivity index (χ3v) is 2.72. The number of hydrogen-bond donors (Lipinski definition) is 4. The molecule has 90 valence electrons. The van der Waals surface area contributed by atoms with Gasteiger partial charge in [-0.05, 0) is 44.1 Å². The summed E-state index contributed by atoms with van der Waals surface area (Å²) in [4.78, 5) is 0. The Hall–Kier alpha value is -1.10. The van der Waals surface area contributed by atoms with Gasteiger partial charge in [0.1, 0.15) is 11.9 Å². The van der Waals surface area contributed by atoms with E-state index in [2.05, 4.69) is 5.32 Å². The third-order valence-electron chi connectivity index (χ3n) is 2.72. The van der Waals surface area contributed by atoms with E-state index < -0.39 is 12.2 Å². The van der Waals surface area contributed by atoms with Gasteiger partial charge in [0.25, 0.3) is 0 Å². The molecular formula is C12H19NO3. The van der Waals surface area contributed by atoms with Crippen LogP contribution in [0.3, 0.4) is 0 Å². The number of phenols is 1. The van der Waals surface area contributed by atoms with Crippen molar-refractivity contribution < 1.29 is 15.3 Å². The lowest BCUT2D eigenvalue weighted by molar-refractivity contribution is 0.0135. The summed E-state index contributed by atoms with van der Waals surface area (Å²) in [5.41, 5.74) is 1.18. The molecule has 16 heavy (non-hydrogen) atoms. The van der Waals surface area contributed by atoms with Gasteiger partial charge >= 0.3 is 0 Å². The van der Waals surface area contributed by atoms with Gasteiger partial charge in [-0.25, -0.2) is 0 Å². The van der Waals surface area contributed by atoms with Crippen LogP contribution in [0, 0.1) is 6.92 Å². The van der Waals surface area contributed by atoms with Gasteiger partial charge < -0.3 is 20.6 Å². The van der Waals surface area contributed by atoms with Crippen molar-refractivity contribution in [3.8, 4) is 5.75 Å². The lowest BCUT2D eigenvalue weighted by Crippen LogP contribution is -2.23. The highest BCUT2D eigenvalue weighted by Gasteiger charge is 2.20. The first kappa shape index (κ1) is 13.0. The number of rotatable bonds is 5. The zero-order valence-corrected chi connectivity index (χ0v) is 9.64. The predicted molar refractivity (Wildman–Crippen MR) is 62.4 cm³/mol. The number of benzene rings is 1. The van der Waals surface area contributed by atoms with Crippen molar-refractivity contribution in [3.05, 3.63) is 29.3 Å². The molecule has 2 unspecified atom stereocenters. The molecule has 0 saturated heterocycles. The van der Waals surface area contributed by atoms with Crippen LogP contribution >= 0.6 is 0 Å². The topological polar surface area (TPSA) is 72.7 Å². The molecule has 0 saturated carbocycles. The second-order valence-electron chi connectivity index (χ2n) is 3.90. The van der Waals surface area contributed by atoms with Crippen molar-refractivity contribution in [2.45, 2.75) is 25.6 Å². The summed E-state index contributed by atoms with van der Waals surface area (Å²) >= 11 is 0. The number of nitrogens with one attached hydrogen (secondary N) is 1. The van der Waals surface area contributed by atoms with Gasteiger partial charge in [-0.15, -0.1) is 0 Å². The minimum Gasteiger partial charge on any atom is -0.508 e. The van der Waals surface area contributed by atoms with Crippen LogP contribution in [0.4, 0.5) is 0 Å². The molecule has 0 aromatic heterocycles. The second-order valence-corrected chi connectivity index (χ2v) is 3.90. The quantitative estimate of drug-likeness (QED) is 0.595. The molecule has 0 amide bonds. The fourth-order valence-corrected chi connectivity index (χ4v) is 1.62. The van der Waals surface area contributed by atoms with Gasteiger partial charge in [0, 0.05) is 0 Å². The highest BCUT2D eigenvalue weighted by molar-refractivity contribution is 5.39. The zero-order chi connectivity index (χ0) is 12.1. The number of aromatic hydroxyl groups is 1. The normalized spacial score (nSPS) is 14.8. The fraction of sp³-hybridized carbons (Fsp3) is 0.500. The molecule has 1 rings (SSSR count). The largest absolute Gasteiger partial charge is 0.508 e. The van der Waals surface area contributed by atoms with Crippen molar-refractivity contribution in [2.75, 3.05) is 13.6 Å². The Morgan fingerprint density at radius 2 is 2.00 bits per heavy atom. The number of hydrogen-bond acceptors (Lipinski definition) is 4. The zero-order valence-electron chi connectivity index (χ0n) is 9.64. The van der Waals surface area contributed by atoms with Crippen LogP contribution in [-0.2, 0) is 0 Å². The summed E-state index contributed by atoms with van der Waals surface area (Å²) in [7, 11) is 1.79. The van der Waals surface area contributed by atoms with E-state index in [1.807, 2.05) is 0 Å². The molecule has 0 aliphatic rings. The SMILES string of the molecule is CNCCC(O)C(O)c1cccc(O)c1C. The van der Waals surface area contributed by atoms with Crippen molar-refractivity contribution >= 4 is 0 Å². The average molecular weight is 225 g/mol. The summed E-state index contributed by atoms with van der Waals surface area (Å²) in [6.07, 6.45) is -1.32. The molecule has 0 spiro atoms. The van der Waals surface area contributed by atoms with Crippen LogP contribution in [0.5, 0.6) is 5.75 Å². The summed E-state index contributed by atoms with van der Waals surface area (Å²) in [5.74, 6) is 0.136. The van der Waals surface area contributed by atoms with Crippen molar-refractivity contribution in [1.29, 1.82) is 0 Å². The first-order valence-electron chi connectivity index (χ1n) is 5.37. The minimum absolute atomic E-state index is 0.136. The van der Waals surface area contributed by atoms with Gasteiger partial charge in [0.15, 0.2) is 0 Å². The maximum Gasteiger partial charge on any atom is 0.118 e. The number of phenolic OH excluding ortho intramolecular Hbond substituents is 1. The number of aliphatic hydroxyl groups excluding tert-OH is 2. The van der Waals surface area contributed by atoms with Crippen molar-refractivity contribution in [3.63, 3.8) is 0 Å². The second kappa shape index (κ2) is 5.84. The van der Waals surface area contributed by atoms with Crippen LogP contribution in [0.25, 0.3) is 0 Å². The first-order chi connectivity index (χ1) is 7.57. The molecule has 0 fully saturated rings. The molecule has 4 nitrogen and oxygen atoms in total. The number of aliphatic hydroxyl groups is 2. The monoisotopic (exact) mass is 225 g/mol. The molecule has 0 heterocycles. The first-order valence-corrected chi connectivity index (χ1v) is 5.37. The molecule has 0 aliphatic carbocycles. The van der Waals surface area contributed by atoms with Gasteiger partial charge in [0.2, 0.25) is 0 Å². The summed E-state index contributed by atoms with van der Waals surface area (Å²) in [6, 6.07) is 4.93. The third kappa shape index (κ3) is 2.95. The lowest BCUT2D eigenvalue weighted by atomic mass is 9.97. The Balaban J connectivity index is 2.79. The van der Waals surface area contributed by atoms with Crippen LogP contribution in [-0.4, -0.2) is 35.0 Å². The molecular weight excluding hydrogens is 206 g/mol. The van der Waals surface area contributed by atoms with Gasteiger partial charge in [-0.2, -0.15) is 0 Å². The molecule has 0 bridgehead atoms. The highest BCUT2D eigenvalue weighted by Crippen LogP contribution is 2.27. The van der Waals surface area contributed by atoms with Crippen LogP contribution < -0.4 is 5.32 Å². The molecule has 2 atom stereocenters. The maximum atomic E-state index is 9.93. The van der Waals surface area contributed by atoms with E-state index in [9.17, 15) is 15.3 Å². The Morgan fingerprint density at radius 3 is 2.62 bits per heavy atom. The van der Waals surface area contributed by atoms with E-state index in [4.69, 9.17) is 0 Å². The predicted octanol–water partition coefficient (Wildman–Crippen LogP) is 0.704. The highest BCUT2D eigenvalue weighted by atomic mass is 16.3. The summed E-state index contributed by atoms with van der Waals surface area (Å²) in [6.45, 7) is 2.36. The Bertz CT molecular complexity index is 341. The van der Waals surface area contributed by atoms with E-state index in [0.717, 1.165) is 0 Å². The van der Waals surface area contributed by atoms with Crippen molar-refractivity contribution in [1.82, 2.24) is 5.32 Å². The molecule has 0 radical (unpaired) electrons. The lowest BCUT2D eigenvalue weighted by Gasteiger charge is -2.20. The van der Waals surface area contributed by atoms with E-state index >= 15 is 0 Å².